The van der Waals surface area contributed by atoms with Crippen LogP contribution >= 0.6 is 25.3 Å². The molecule has 0 aliphatic heterocycles. The number of hydrogen-bond donors (Lipinski definition) is 4. The van der Waals surface area contributed by atoms with E-state index in [2.05, 4.69) is 85.7 Å². The van der Waals surface area contributed by atoms with Crippen LogP contribution in [0, 0.1) is 0 Å². The molecule has 1 aromatic rings. The van der Waals surface area contributed by atoms with Gasteiger partial charge < -0.3 is 27.9 Å². The molecule has 1 unspecified atom stereocenters. The molecule has 0 spiro atoms. The van der Waals surface area contributed by atoms with Crippen LogP contribution in [0.3, 0.4) is 0 Å². The molecule has 0 fully saturated rings. The molecule has 0 aliphatic carbocycles. The van der Waals surface area contributed by atoms with E-state index in [9.17, 15) is 0 Å². The van der Waals surface area contributed by atoms with Crippen LogP contribution in [0.1, 0.15) is 33.3 Å². The first-order valence-electron chi connectivity index (χ1n) is 8.53. The molecule has 26 heavy (non-hydrogen) atoms. The molecular weight excluding hydrogens is 388 g/mol. The summed E-state index contributed by atoms with van der Waals surface area (Å²) in [5, 5.41) is 10.9. The first-order chi connectivity index (χ1) is 11.6. The van der Waals surface area contributed by atoms with Crippen LogP contribution < -0.4 is 27.6 Å². The van der Waals surface area contributed by atoms with Crippen LogP contribution in [-0.2, 0) is 11.4 Å². The van der Waals surface area contributed by atoms with E-state index < -0.39 is 0 Å². The van der Waals surface area contributed by atoms with Crippen LogP contribution in [0.25, 0.3) is 0 Å². The predicted octanol–water partition coefficient (Wildman–Crippen LogP) is -1.08. The third-order valence-corrected chi connectivity index (χ3v) is 3.71. The minimum atomic E-state index is -0.0568. The summed E-state index contributed by atoms with van der Waals surface area (Å²) < 4.78 is 2.07. The molecule has 5 nitrogen and oxygen atoms in total. The Bertz CT molecular complexity index is 545. The van der Waals surface area contributed by atoms with Gasteiger partial charge in [0.2, 0.25) is 0 Å². The van der Waals surface area contributed by atoms with Gasteiger partial charge in [0.05, 0.1) is 17.8 Å². The van der Waals surface area contributed by atoms with Gasteiger partial charge in [0, 0.05) is 35.2 Å². The summed E-state index contributed by atoms with van der Waals surface area (Å²) in [6.07, 6.45) is 5.83. The van der Waals surface area contributed by atoms with Crippen molar-refractivity contribution in [2.75, 3.05) is 26.7 Å². The van der Waals surface area contributed by atoms with Crippen molar-refractivity contribution >= 4 is 31.5 Å². The first-order valence-corrected chi connectivity index (χ1v) is 9.43. The highest BCUT2D eigenvalue weighted by Crippen LogP contribution is 2.10. The zero-order chi connectivity index (χ0) is 18.9. The molecule has 0 amide bonds. The second-order valence-electron chi connectivity index (χ2n) is 7.58. The van der Waals surface area contributed by atoms with E-state index in [1.165, 1.54) is 0 Å². The van der Waals surface area contributed by atoms with Gasteiger partial charge in [0.1, 0.15) is 7.11 Å². The Balaban J connectivity index is 0.00000625. The molecule has 0 aromatic carbocycles. The van der Waals surface area contributed by atoms with Crippen molar-refractivity contribution in [2.45, 2.75) is 49.8 Å². The van der Waals surface area contributed by atoms with Gasteiger partial charge in [-0.2, -0.15) is 25.3 Å². The van der Waals surface area contributed by atoms with Crippen LogP contribution in [0.15, 0.2) is 29.7 Å². The van der Waals surface area contributed by atoms with Crippen LogP contribution in [0.5, 0.6) is 0 Å². The maximum Gasteiger partial charge on any atom is 0.177 e. The summed E-state index contributed by atoms with van der Waals surface area (Å²) in [4.78, 5) is 4.75. The maximum atomic E-state index is 4.75. The largest absolute Gasteiger partial charge is 1.00 e. The predicted molar refractivity (Wildman–Crippen MR) is 112 cm³/mol. The number of rotatable bonds is 11. The average Bonchev–Trinajstić information content (AvgIpc) is 2.49. The Morgan fingerprint density at radius 2 is 1.88 bits per heavy atom. The number of oxime groups is 1. The molecule has 150 valence electrons. The van der Waals surface area contributed by atoms with Crippen molar-refractivity contribution in [2.24, 2.45) is 5.16 Å². The standard InChI is InChI=1S/C18H32N4OS2.ClH/c1-17(2,24)13-19-10-16(20-14-18(3,4)25)12-22-8-6-7-15(11-22)9-21-23-5;/h6-9,11,16,19-20H,10,12-14H2,1-5H3,(H-,24,25);1H. The number of nitrogens with one attached hydrogen (secondary N) is 2. The Hall–Kier alpha value is -0.470. The van der Waals surface area contributed by atoms with Crippen LogP contribution in [-0.4, -0.2) is 48.5 Å². The monoisotopic (exact) mass is 420 g/mol. The van der Waals surface area contributed by atoms with Crippen molar-refractivity contribution in [3.63, 3.8) is 0 Å². The van der Waals surface area contributed by atoms with Gasteiger partial charge >= 0.3 is 0 Å². The summed E-state index contributed by atoms with van der Waals surface area (Å²) in [6, 6.07) is 4.29. The Morgan fingerprint density at radius 3 is 2.46 bits per heavy atom. The lowest BCUT2D eigenvalue weighted by Crippen LogP contribution is -3.00. The molecule has 0 aliphatic rings. The number of nitrogens with zero attached hydrogens (tertiary/aromatic N) is 2. The highest BCUT2D eigenvalue weighted by Gasteiger charge is 2.20. The topological polar surface area (TPSA) is 49.5 Å². The third-order valence-electron chi connectivity index (χ3n) is 3.39. The van der Waals surface area contributed by atoms with E-state index in [4.69, 9.17) is 4.84 Å². The van der Waals surface area contributed by atoms with E-state index in [1.54, 1.807) is 13.3 Å². The fraction of sp³-hybridized carbons (Fsp3) is 0.667. The van der Waals surface area contributed by atoms with Gasteiger partial charge in [-0.1, -0.05) is 5.16 Å². The van der Waals surface area contributed by atoms with Gasteiger partial charge in [-0.25, -0.2) is 4.57 Å². The molecule has 0 bridgehead atoms. The summed E-state index contributed by atoms with van der Waals surface area (Å²) in [5.74, 6) is 0. The van der Waals surface area contributed by atoms with Gasteiger partial charge in [-0.05, 0) is 33.8 Å². The Morgan fingerprint density at radius 1 is 1.23 bits per heavy atom. The van der Waals surface area contributed by atoms with Crippen molar-refractivity contribution in [1.82, 2.24) is 10.6 Å². The molecule has 0 saturated carbocycles. The summed E-state index contributed by atoms with van der Waals surface area (Å²) in [5.41, 5.74) is 1.00. The van der Waals surface area contributed by atoms with E-state index in [0.29, 0.717) is 0 Å². The summed E-state index contributed by atoms with van der Waals surface area (Å²) in [6.45, 7) is 11.8. The zero-order valence-electron chi connectivity index (χ0n) is 16.4. The van der Waals surface area contributed by atoms with E-state index in [-0.39, 0.29) is 27.9 Å². The van der Waals surface area contributed by atoms with E-state index in [1.807, 2.05) is 12.1 Å². The number of thiol groups is 2. The number of aromatic nitrogens is 1. The SMILES string of the molecule is CON=Cc1ccc[n+](CC(CNCC(C)(C)S)NCC(C)(C)S)c1.[Cl-]. The molecule has 0 radical (unpaired) electrons. The number of hydrogen-bond acceptors (Lipinski definition) is 6. The van der Waals surface area contributed by atoms with Gasteiger partial charge in [0.15, 0.2) is 18.9 Å². The number of halogens is 1. The average molecular weight is 421 g/mol. The second-order valence-corrected chi connectivity index (χ2v) is 10.0. The second kappa shape index (κ2) is 12.1. The highest BCUT2D eigenvalue weighted by atomic mass is 35.5. The van der Waals surface area contributed by atoms with E-state index >= 15 is 0 Å². The van der Waals surface area contributed by atoms with Crippen molar-refractivity contribution in [3.05, 3.63) is 30.1 Å². The highest BCUT2D eigenvalue weighted by molar-refractivity contribution is 7.82. The lowest BCUT2D eigenvalue weighted by molar-refractivity contribution is -0.699. The van der Waals surface area contributed by atoms with E-state index in [0.717, 1.165) is 31.7 Å². The molecule has 1 atom stereocenters. The van der Waals surface area contributed by atoms with Gasteiger partial charge in [0.25, 0.3) is 0 Å². The molecular formula is C18H33ClN4OS2. The van der Waals surface area contributed by atoms with Crippen LogP contribution in [0.4, 0.5) is 0 Å². The molecule has 1 aromatic heterocycles. The summed E-state index contributed by atoms with van der Waals surface area (Å²) in [7, 11) is 1.54. The Labute approximate surface area is 175 Å². The summed E-state index contributed by atoms with van der Waals surface area (Å²) >= 11 is 9.19. The smallest absolute Gasteiger partial charge is 0.177 e. The van der Waals surface area contributed by atoms with Gasteiger partial charge in [-0.3, -0.25) is 0 Å². The fourth-order valence-corrected chi connectivity index (χ4v) is 2.45. The maximum absolute atomic E-state index is 4.75. The quantitative estimate of drug-likeness (QED) is 0.159. The lowest BCUT2D eigenvalue weighted by Gasteiger charge is -2.25. The Kier molecular flexibility index (Phi) is 11.9. The third kappa shape index (κ3) is 12.8. The lowest BCUT2D eigenvalue weighted by atomic mass is 10.1. The first kappa shape index (κ1) is 25.5. The van der Waals surface area contributed by atoms with Crippen LogP contribution in [0.2, 0.25) is 0 Å². The van der Waals surface area contributed by atoms with Crippen molar-refractivity contribution in [1.29, 1.82) is 0 Å². The zero-order valence-corrected chi connectivity index (χ0v) is 18.9. The molecule has 1 heterocycles. The number of pyridine rings is 1. The molecule has 2 N–H and O–H groups in total. The minimum Gasteiger partial charge on any atom is -1.00 e. The minimum absolute atomic E-state index is 0. The van der Waals surface area contributed by atoms with Crippen molar-refractivity contribution < 1.29 is 21.8 Å². The normalized spacial score (nSPS) is 13.5. The van der Waals surface area contributed by atoms with Crippen molar-refractivity contribution in [3.8, 4) is 0 Å². The fourth-order valence-electron chi connectivity index (χ4n) is 2.25. The molecule has 1 rings (SSSR count). The molecule has 0 saturated heterocycles. The molecule has 8 heteroatoms. The van der Waals surface area contributed by atoms with Gasteiger partial charge in [-0.15, -0.1) is 0 Å².